The second-order valence-corrected chi connectivity index (χ2v) is 3.72. The maximum atomic E-state index is 11.1. The normalized spacial score (nSPS) is 11.1. The first kappa shape index (κ1) is 7.57. The molecule has 5 nitrogen and oxygen atoms in total. The number of aromatic nitrogens is 4. The number of hydrogen-bond acceptors (Lipinski definition) is 5. The molecule has 0 radical (unpaired) electrons. The minimum atomic E-state index is -0.196. The molecule has 0 amide bonds. The molecule has 2 aliphatic rings. The summed E-state index contributed by atoms with van der Waals surface area (Å²) >= 11 is 1.10. The van der Waals surface area contributed by atoms with Crippen LogP contribution in [0.4, 0.5) is 0 Å². The van der Waals surface area contributed by atoms with Crippen LogP contribution in [0.3, 0.4) is 0 Å². The van der Waals surface area contributed by atoms with Gasteiger partial charge in [0, 0.05) is 12.4 Å². The Morgan fingerprint density at radius 3 is 3.21 bits per heavy atom. The molecule has 1 aromatic rings. The summed E-state index contributed by atoms with van der Waals surface area (Å²) in [5.41, 5.74) is 0.685. The largest absolute Gasteiger partial charge is 0.329 e. The first-order valence-electron chi connectivity index (χ1n) is 3.92. The number of nitrogens with zero attached hydrogens (tertiary/aromatic N) is 4. The zero-order valence-electron chi connectivity index (χ0n) is 6.91. The van der Waals surface area contributed by atoms with Gasteiger partial charge in [0.1, 0.15) is 0 Å². The maximum absolute atomic E-state index is 11.1. The Hall–Kier alpha value is -1.82. The first-order chi connectivity index (χ1) is 6.84. The molecule has 0 unspecified atom stereocenters. The van der Waals surface area contributed by atoms with Crippen LogP contribution >= 0.6 is 11.3 Å². The lowest BCUT2D eigenvalue weighted by Crippen LogP contribution is -1.99. The van der Waals surface area contributed by atoms with Crippen molar-refractivity contribution in [3.8, 4) is 10.7 Å². The molecule has 0 aromatic carbocycles. The summed E-state index contributed by atoms with van der Waals surface area (Å²) in [6.07, 6.45) is 6.65. The summed E-state index contributed by atoms with van der Waals surface area (Å²) in [6.45, 7) is 0. The van der Waals surface area contributed by atoms with E-state index >= 15 is 0 Å². The van der Waals surface area contributed by atoms with Gasteiger partial charge in [-0.25, -0.2) is 4.98 Å². The molecule has 6 heteroatoms. The van der Waals surface area contributed by atoms with Crippen molar-refractivity contribution in [1.82, 2.24) is 19.4 Å². The van der Waals surface area contributed by atoms with Crippen LogP contribution in [0.15, 0.2) is 29.6 Å². The van der Waals surface area contributed by atoms with Gasteiger partial charge in [-0.1, -0.05) is 11.3 Å². The molecule has 3 heterocycles. The van der Waals surface area contributed by atoms with Crippen molar-refractivity contribution in [3.63, 3.8) is 0 Å². The number of rotatable bonds is 0. The third-order valence-electron chi connectivity index (χ3n) is 1.90. The molecule has 0 N–H and O–H groups in total. The molecule has 14 heavy (non-hydrogen) atoms. The van der Waals surface area contributed by atoms with E-state index in [1.807, 2.05) is 0 Å². The number of fused-ring (bicyclic) bond motifs is 3. The Labute approximate surface area is 82.1 Å². The molecule has 2 aliphatic heterocycles. The zero-order chi connectivity index (χ0) is 9.54. The van der Waals surface area contributed by atoms with Crippen molar-refractivity contribution < 1.29 is 0 Å². The van der Waals surface area contributed by atoms with Crippen LogP contribution in [0.2, 0.25) is 0 Å². The quantitative estimate of drug-likeness (QED) is 0.539. The average molecular weight is 204 g/mol. The van der Waals surface area contributed by atoms with E-state index in [4.69, 9.17) is 0 Å². The molecule has 0 atom stereocenters. The number of hydrogen-bond donors (Lipinski definition) is 0. The van der Waals surface area contributed by atoms with Crippen LogP contribution in [0, 0.1) is 0 Å². The van der Waals surface area contributed by atoms with Crippen molar-refractivity contribution in [2.75, 3.05) is 0 Å². The van der Waals surface area contributed by atoms with Crippen LogP contribution in [0.1, 0.15) is 0 Å². The van der Waals surface area contributed by atoms with E-state index < -0.39 is 0 Å². The summed E-state index contributed by atoms with van der Waals surface area (Å²) in [7, 11) is 0. The van der Waals surface area contributed by atoms with Crippen LogP contribution in [-0.2, 0) is 0 Å². The lowest BCUT2D eigenvalue weighted by atomic mass is 10.4. The predicted molar refractivity (Wildman–Crippen MR) is 51.6 cm³/mol. The highest BCUT2D eigenvalue weighted by Gasteiger charge is 2.11. The van der Waals surface area contributed by atoms with Gasteiger partial charge in [-0.2, -0.15) is 4.98 Å². The molecular formula is C8H4N4OS. The second kappa shape index (κ2) is 2.58. The van der Waals surface area contributed by atoms with Crippen LogP contribution in [0.5, 0.6) is 0 Å². The Morgan fingerprint density at radius 1 is 1.36 bits per heavy atom. The van der Waals surface area contributed by atoms with Gasteiger partial charge in [0.15, 0.2) is 11.5 Å². The SMILES string of the molecule is O=c1nc2n3ccncc3ncc-2s1. The summed E-state index contributed by atoms with van der Waals surface area (Å²) in [5, 5.41) is 0. The molecule has 0 aliphatic carbocycles. The molecule has 0 spiro atoms. The van der Waals surface area contributed by atoms with E-state index in [1.54, 1.807) is 29.2 Å². The highest BCUT2D eigenvalue weighted by molar-refractivity contribution is 7.12. The Morgan fingerprint density at radius 2 is 2.29 bits per heavy atom. The fraction of sp³-hybridized carbons (Fsp3) is 0. The lowest BCUT2D eigenvalue weighted by molar-refractivity contribution is 1.03. The van der Waals surface area contributed by atoms with Crippen molar-refractivity contribution in [2.24, 2.45) is 0 Å². The first-order valence-corrected chi connectivity index (χ1v) is 4.74. The fourth-order valence-corrected chi connectivity index (χ4v) is 1.97. The standard InChI is InChI=1S/C8H4N4OS/c13-8-11-7-5(14-8)3-10-6-4-9-1-2-12(6)7/h1-4H. The fourth-order valence-electron chi connectivity index (χ4n) is 1.31. The van der Waals surface area contributed by atoms with E-state index in [9.17, 15) is 4.79 Å². The van der Waals surface area contributed by atoms with Gasteiger partial charge in [-0.15, -0.1) is 0 Å². The van der Waals surface area contributed by atoms with E-state index in [0.29, 0.717) is 11.5 Å². The smallest absolute Gasteiger partial charge is 0.282 e. The van der Waals surface area contributed by atoms with Gasteiger partial charge in [-0.3, -0.25) is 14.2 Å². The van der Waals surface area contributed by atoms with Crippen molar-refractivity contribution in [2.45, 2.75) is 0 Å². The molecule has 0 bridgehead atoms. The monoisotopic (exact) mass is 204 g/mol. The summed E-state index contributed by atoms with van der Waals surface area (Å²) in [4.78, 5) is 23.7. The molecular weight excluding hydrogens is 200 g/mol. The zero-order valence-corrected chi connectivity index (χ0v) is 7.73. The highest BCUT2D eigenvalue weighted by atomic mass is 32.1. The minimum absolute atomic E-state index is 0.196. The third kappa shape index (κ3) is 0.942. The molecule has 3 rings (SSSR count). The van der Waals surface area contributed by atoms with Crippen LogP contribution in [-0.4, -0.2) is 19.4 Å². The Balaban J connectivity index is 2.59. The minimum Gasteiger partial charge on any atom is -0.282 e. The Kier molecular flexibility index (Phi) is 1.40. The summed E-state index contributed by atoms with van der Waals surface area (Å²) in [5.74, 6) is 0.646. The molecule has 68 valence electrons. The topological polar surface area (TPSA) is 60.2 Å². The number of thiazole rings is 1. The van der Waals surface area contributed by atoms with Gasteiger partial charge in [-0.05, 0) is 0 Å². The van der Waals surface area contributed by atoms with Gasteiger partial charge in [0.2, 0.25) is 0 Å². The molecule has 0 saturated carbocycles. The van der Waals surface area contributed by atoms with E-state index in [1.165, 1.54) is 0 Å². The lowest BCUT2D eigenvalue weighted by Gasteiger charge is -2.02. The maximum Gasteiger partial charge on any atom is 0.329 e. The van der Waals surface area contributed by atoms with Crippen molar-refractivity contribution >= 4 is 17.0 Å². The third-order valence-corrected chi connectivity index (χ3v) is 2.67. The molecule has 1 aromatic heterocycles. The van der Waals surface area contributed by atoms with Crippen LogP contribution in [0.25, 0.3) is 16.3 Å². The van der Waals surface area contributed by atoms with Crippen molar-refractivity contribution in [1.29, 1.82) is 0 Å². The van der Waals surface area contributed by atoms with Gasteiger partial charge >= 0.3 is 4.87 Å². The summed E-state index contributed by atoms with van der Waals surface area (Å²) < 4.78 is 1.75. The summed E-state index contributed by atoms with van der Waals surface area (Å²) in [6, 6.07) is 0. The van der Waals surface area contributed by atoms with Gasteiger partial charge < -0.3 is 0 Å². The van der Waals surface area contributed by atoms with E-state index in [-0.39, 0.29) is 4.87 Å². The van der Waals surface area contributed by atoms with E-state index in [2.05, 4.69) is 15.0 Å². The molecule has 0 saturated heterocycles. The average Bonchev–Trinajstić information content (AvgIpc) is 2.59. The van der Waals surface area contributed by atoms with Gasteiger partial charge in [0.05, 0.1) is 17.3 Å². The molecule has 0 fully saturated rings. The Bertz CT molecular complexity index is 629. The van der Waals surface area contributed by atoms with E-state index in [0.717, 1.165) is 16.2 Å². The van der Waals surface area contributed by atoms with Gasteiger partial charge in [0.25, 0.3) is 0 Å². The van der Waals surface area contributed by atoms with Crippen molar-refractivity contribution in [3.05, 3.63) is 34.5 Å². The predicted octanol–water partition coefficient (Wildman–Crippen LogP) is 0.651. The highest BCUT2D eigenvalue weighted by Crippen LogP contribution is 2.20. The second-order valence-electron chi connectivity index (χ2n) is 2.73. The van der Waals surface area contributed by atoms with Crippen LogP contribution < -0.4 is 4.87 Å².